The van der Waals surface area contributed by atoms with Crippen molar-refractivity contribution in [2.24, 2.45) is 0 Å². The number of ether oxygens (including phenoxy) is 4. The zero-order chi connectivity index (χ0) is 32.9. The lowest BCUT2D eigenvalue weighted by molar-refractivity contribution is -0.000972. The van der Waals surface area contributed by atoms with Crippen LogP contribution in [0.15, 0.2) is 103 Å². The van der Waals surface area contributed by atoms with Crippen molar-refractivity contribution in [3.8, 4) is 11.5 Å². The van der Waals surface area contributed by atoms with E-state index in [0.717, 1.165) is 25.8 Å². The van der Waals surface area contributed by atoms with E-state index in [1.54, 1.807) is 0 Å². The van der Waals surface area contributed by atoms with Crippen LogP contribution in [0.2, 0.25) is 0 Å². The van der Waals surface area contributed by atoms with Crippen LogP contribution in [0.25, 0.3) is 11.2 Å². The second-order valence-corrected chi connectivity index (χ2v) is 12.5. The van der Waals surface area contributed by atoms with Crippen molar-refractivity contribution >= 4 is 39.6 Å². The minimum Gasteiger partial charge on any atom is -0.454 e. The minimum absolute atomic E-state index is 0.00492. The third-order valence-electron chi connectivity index (χ3n) is 8.32. The average Bonchev–Trinajstić information content (AvgIpc) is 3.71. The van der Waals surface area contributed by atoms with Gasteiger partial charge in [0, 0.05) is 23.1 Å². The molecule has 4 aromatic carbocycles. The molecule has 244 valence electrons. The summed E-state index contributed by atoms with van der Waals surface area (Å²) in [7, 11) is 0. The van der Waals surface area contributed by atoms with E-state index < -0.39 is 11.7 Å². The number of anilines is 1. The van der Waals surface area contributed by atoms with Gasteiger partial charge in [-0.3, -0.25) is 0 Å². The number of nitrogens with two attached hydrogens (primary N) is 1. The topological polar surface area (TPSA) is 107 Å². The van der Waals surface area contributed by atoms with E-state index in [1.165, 1.54) is 0 Å². The van der Waals surface area contributed by atoms with Crippen LogP contribution in [0.5, 0.6) is 11.5 Å². The summed E-state index contributed by atoms with van der Waals surface area (Å²) in [5.41, 5.74) is 10.1. The Bertz CT molecular complexity index is 1920. The van der Waals surface area contributed by atoms with Gasteiger partial charge in [-0.2, -0.15) is 14.4 Å². The van der Waals surface area contributed by atoms with E-state index in [0.29, 0.717) is 67.7 Å². The molecule has 0 saturated heterocycles. The maximum Gasteiger partial charge on any atom is 0.312 e. The van der Waals surface area contributed by atoms with Gasteiger partial charge in [-0.25, -0.2) is 4.98 Å². The maximum atomic E-state index is 14.3. The number of halogens is 2. The van der Waals surface area contributed by atoms with E-state index in [1.807, 2.05) is 71.3 Å². The Morgan fingerprint density at radius 3 is 2.02 bits per heavy atom. The Morgan fingerprint density at radius 1 is 0.792 bits per heavy atom. The Morgan fingerprint density at radius 2 is 1.40 bits per heavy atom. The molecule has 0 spiro atoms. The lowest BCUT2D eigenvalue weighted by atomic mass is 9.80. The second kappa shape index (κ2) is 14.3. The van der Waals surface area contributed by atoms with Crippen molar-refractivity contribution in [3.63, 3.8) is 0 Å². The summed E-state index contributed by atoms with van der Waals surface area (Å²) in [5.74, 6) is 2.05. The average molecular weight is 758 g/mol. The number of imidazole rings is 1. The number of fused-ring (bicyclic) bond motifs is 2. The van der Waals surface area contributed by atoms with Gasteiger partial charge in [0.1, 0.15) is 11.4 Å². The minimum atomic E-state index is -0.901. The molecule has 6 aromatic rings. The molecule has 11 heteroatoms. The summed E-state index contributed by atoms with van der Waals surface area (Å²) in [5, 5.41) is 0. The van der Waals surface area contributed by atoms with Gasteiger partial charge < -0.3 is 29.2 Å². The number of aromatic nitrogens is 4. The fraction of sp³-hybridized carbons (Fsp3) is 0.216. The molecule has 1 aliphatic heterocycles. The molecule has 1 aliphatic rings. The van der Waals surface area contributed by atoms with Crippen molar-refractivity contribution in [3.05, 3.63) is 141 Å². The van der Waals surface area contributed by atoms with Crippen molar-refractivity contribution in [2.45, 2.75) is 25.0 Å². The summed E-state index contributed by atoms with van der Waals surface area (Å²) in [6, 6.07) is 34.8. The van der Waals surface area contributed by atoms with Crippen LogP contribution in [0, 0.1) is 9.65 Å². The van der Waals surface area contributed by atoms with Crippen molar-refractivity contribution in [2.75, 3.05) is 32.3 Å². The molecule has 0 saturated carbocycles. The molecular weight excluding hydrogens is 724 g/mol. The summed E-state index contributed by atoms with van der Waals surface area (Å²) < 4.78 is 41.2. The highest BCUT2D eigenvalue weighted by Gasteiger charge is 2.37. The lowest BCUT2D eigenvalue weighted by Crippen LogP contribution is -2.33. The van der Waals surface area contributed by atoms with E-state index >= 15 is 0 Å². The monoisotopic (exact) mass is 757 g/mol. The molecule has 0 bridgehead atoms. The highest BCUT2D eigenvalue weighted by Crippen LogP contribution is 2.40. The van der Waals surface area contributed by atoms with Crippen LogP contribution in [-0.2, 0) is 28.0 Å². The molecule has 0 radical (unpaired) electrons. The molecule has 3 heterocycles. The smallest absolute Gasteiger partial charge is 0.312 e. The Hall–Kier alpha value is -4.59. The van der Waals surface area contributed by atoms with Gasteiger partial charge in [0.05, 0.1) is 13.2 Å². The number of rotatable bonds is 13. The van der Waals surface area contributed by atoms with Gasteiger partial charge in [-0.1, -0.05) is 91.0 Å². The number of benzene rings is 4. The summed E-state index contributed by atoms with van der Waals surface area (Å²) in [6.45, 7) is 1.85. The first-order valence-electron chi connectivity index (χ1n) is 15.7. The lowest BCUT2D eigenvalue weighted by Gasteiger charge is -2.36. The molecule has 7 rings (SSSR count). The number of nitrogen functional groups attached to an aromatic ring is 1. The standard InChI is InChI=1S/C37H33FIN5O4/c38-36-42-34(40)33-35(43-36)44(32(41-33)22-25-21-30-31(23-29(25)39)47-24-46-30)17-20-45-18-10-19-48-37(26-11-4-1-5-12-26,27-13-6-2-7-14-27)28-15-8-3-9-16-28/h1-9,11-16,21,23H,10,17-20,22,24H2,(H2,40,42,43). The zero-order valence-corrected chi connectivity index (χ0v) is 28.2. The van der Waals surface area contributed by atoms with Crippen molar-refractivity contribution < 1.29 is 23.3 Å². The van der Waals surface area contributed by atoms with Gasteiger partial charge in [-0.05, 0) is 63.4 Å². The normalized spacial score (nSPS) is 12.5. The van der Waals surface area contributed by atoms with Gasteiger partial charge in [0.25, 0.3) is 0 Å². The van der Waals surface area contributed by atoms with Gasteiger partial charge in [0.15, 0.2) is 28.5 Å². The molecule has 2 aromatic heterocycles. The molecule has 0 amide bonds. The van der Waals surface area contributed by atoms with Crippen LogP contribution in [-0.4, -0.2) is 46.1 Å². The molecule has 9 nitrogen and oxygen atoms in total. The SMILES string of the molecule is Nc1nc(F)nc2c1nc(Cc1cc3c(cc1I)OCO3)n2CCOCCCOC(c1ccccc1)(c1ccccc1)c1ccccc1. The fourth-order valence-corrected chi connectivity index (χ4v) is 6.72. The number of hydrogen-bond acceptors (Lipinski definition) is 8. The Labute approximate surface area is 291 Å². The van der Waals surface area contributed by atoms with Crippen LogP contribution in [0.4, 0.5) is 10.2 Å². The van der Waals surface area contributed by atoms with Crippen LogP contribution < -0.4 is 15.2 Å². The quantitative estimate of drug-likeness (QED) is 0.0588. The van der Waals surface area contributed by atoms with Crippen LogP contribution >= 0.6 is 22.6 Å². The third kappa shape index (κ3) is 6.45. The summed E-state index contributed by atoms with van der Waals surface area (Å²) in [6.07, 6.45) is 0.202. The molecule has 0 aliphatic carbocycles. The van der Waals surface area contributed by atoms with Crippen molar-refractivity contribution in [1.82, 2.24) is 19.5 Å². The highest BCUT2D eigenvalue weighted by atomic mass is 127. The fourth-order valence-electron chi connectivity index (χ4n) is 6.09. The van der Waals surface area contributed by atoms with E-state index in [4.69, 9.17) is 29.7 Å². The first-order chi connectivity index (χ1) is 23.5. The zero-order valence-electron chi connectivity index (χ0n) is 26.0. The molecule has 0 atom stereocenters. The second-order valence-electron chi connectivity index (χ2n) is 11.3. The maximum absolute atomic E-state index is 14.3. The van der Waals surface area contributed by atoms with Crippen LogP contribution in [0.3, 0.4) is 0 Å². The predicted octanol–water partition coefficient (Wildman–Crippen LogP) is 6.89. The van der Waals surface area contributed by atoms with E-state index in [-0.39, 0.29) is 12.6 Å². The van der Waals surface area contributed by atoms with E-state index in [9.17, 15) is 4.39 Å². The first-order valence-corrected chi connectivity index (χ1v) is 16.8. The largest absolute Gasteiger partial charge is 0.454 e. The third-order valence-corrected chi connectivity index (χ3v) is 9.32. The van der Waals surface area contributed by atoms with Crippen molar-refractivity contribution in [1.29, 1.82) is 0 Å². The Balaban J connectivity index is 1.05. The highest BCUT2D eigenvalue weighted by molar-refractivity contribution is 14.1. The Kier molecular flexibility index (Phi) is 9.50. The number of hydrogen-bond donors (Lipinski definition) is 1. The van der Waals surface area contributed by atoms with Gasteiger partial charge >= 0.3 is 6.08 Å². The van der Waals surface area contributed by atoms with Crippen LogP contribution in [0.1, 0.15) is 34.5 Å². The summed E-state index contributed by atoms with van der Waals surface area (Å²) in [4.78, 5) is 12.4. The molecule has 48 heavy (non-hydrogen) atoms. The molecule has 2 N–H and O–H groups in total. The van der Waals surface area contributed by atoms with Gasteiger partial charge in [-0.15, -0.1) is 0 Å². The van der Waals surface area contributed by atoms with E-state index in [2.05, 4.69) is 69.0 Å². The number of nitrogens with zero attached hydrogens (tertiary/aromatic N) is 4. The predicted molar refractivity (Wildman–Crippen MR) is 188 cm³/mol. The molecule has 0 fully saturated rings. The van der Waals surface area contributed by atoms with Gasteiger partial charge in [0.2, 0.25) is 6.79 Å². The molecule has 0 unspecified atom stereocenters. The molecular formula is C37H33FIN5O4. The summed E-state index contributed by atoms with van der Waals surface area (Å²) >= 11 is 2.26. The first kappa shape index (κ1) is 32.0.